The molecule has 56 valence electrons. The molecule has 3 nitrogen and oxygen atoms in total. The van der Waals surface area contributed by atoms with Crippen LogP contribution in [0, 0.1) is 0 Å². The SMILES string of the molecule is [Li+].[Li+].[O-]c1cc2cc[nH]c2cc1[O-]. The molecule has 0 radical (unpaired) electrons. The molecule has 1 heterocycles. The zero-order chi connectivity index (χ0) is 7.84. The number of aromatic amines is 1. The smallest absolute Gasteiger partial charge is 0.873 e. The minimum Gasteiger partial charge on any atom is -0.873 e. The van der Waals surface area contributed by atoms with Crippen LogP contribution in [-0.4, -0.2) is 4.98 Å². The molecule has 0 aliphatic carbocycles. The molecule has 0 saturated carbocycles. The van der Waals surface area contributed by atoms with E-state index >= 15 is 0 Å². The summed E-state index contributed by atoms with van der Waals surface area (Å²) in [6, 6.07) is 4.42. The number of H-pyrrole nitrogens is 1. The van der Waals surface area contributed by atoms with Gasteiger partial charge in [-0.15, -0.1) is 11.5 Å². The predicted molar refractivity (Wildman–Crippen MR) is 37.2 cm³/mol. The van der Waals surface area contributed by atoms with Gasteiger partial charge in [0.2, 0.25) is 0 Å². The third kappa shape index (κ3) is 2.27. The second kappa shape index (κ2) is 4.70. The average molecular weight is 161 g/mol. The van der Waals surface area contributed by atoms with Gasteiger partial charge in [0.25, 0.3) is 0 Å². The van der Waals surface area contributed by atoms with Crippen LogP contribution in [0.3, 0.4) is 0 Å². The van der Waals surface area contributed by atoms with Crippen LogP contribution in [0.5, 0.6) is 11.5 Å². The van der Waals surface area contributed by atoms with E-state index in [-0.39, 0.29) is 37.7 Å². The van der Waals surface area contributed by atoms with Crippen LogP contribution in [0.1, 0.15) is 0 Å². The van der Waals surface area contributed by atoms with Crippen molar-refractivity contribution < 1.29 is 47.9 Å². The average Bonchev–Trinajstić information content (AvgIpc) is 2.36. The topological polar surface area (TPSA) is 61.9 Å². The van der Waals surface area contributed by atoms with Crippen LogP contribution < -0.4 is 47.9 Å². The van der Waals surface area contributed by atoms with Crippen LogP contribution >= 0.6 is 0 Å². The molecule has 13 heavy (non-hydrogen) atoms. The Kier molecular flexibility index (Phi) is 4.54. The van der Waals surface area contributed by atoms with Crippen molar-refractivity contribution in [3.05, 3.63) is 24.4 Å². The summed E-state index contributed by atoms with van der Waals surface area (Å²) in [5.74, 6) is -0.906. The second-order valence-electron chi connectivity index (χ2n) is 2.36. The summed E-state index contributed by atoms with van der Waals surface area (Å²) in [6.07, 6.45) is 1.70. The normalized spacial score (nSPS) is 8.92. The van der Waals surface area contributed by atoms with Gasteiger partial charge in [-0.2, -0.15) is 0 Å². The maximum atomic E-state index is 10.8. The standard InChI is InChI=1S/C8H7NO2.2Li/c10-7-3-5-1-2-9-6(5)4-8(7)11;;/h1-4,9-11H;;/q;2*+1/p-2. The van der Waals surface area contributed by atoms with E-state index in [1.54, 1.807) is 12.3 Å². The molecule has 5 heteroatoms. The third-order valence-electron chi connectivity index (χ3n) is 1.62. The van der Waals surface area contributed by atoms with Gasteiger partial charge in [0.15, 0.2) is 0 Å². The molecule has 0 bridgehead atoms. The van der Waals surface area contributed by atoms with Crippen molar-refractivity contribution in [2.24, 2.45) is 0 Å². The first-order chi connectivity index (χ1) is 5.27. The molecule has 0 amide bonds. The van der Waals surface area contributed by atoms with Gasteiger partial charge >= 0.3 is 37.7 Å². The van der Waals surface area contributed by atoms with Crippen molar-refractivity contribution in [1.29, 1.82) is 0 Å². The molecule has 2 aromatic rings. The summed E-state index contributed by atoms with van der Waals surface area (Å²) in [7, 11) is 0. The first kappa shape index (κ1) is 12.6. The molecular formula is C8H5Li2NO2. The molecule has 1 aromatic heterocycles. The Morgan fingerprint density at radius 2 is 1.62 bits per heavy atom. The Balaban J connectivity index is 0.000000720. The van der Waals surface area contributed by atoms with Crippen molar-refractivity contribution >= 4 is 10.9 Å². The minimum absolute atomic E-state index is 0. The molecule has 0 atom stereocenters. The van der Waals surface area contributed by atoms with E-state index in [0.29, 0.717) is 0 Å². The molecule has 1 N–H and O–H groups in total. The van der Waals surface area contributed by atoms with E-state index in [9.17, 15) is 10.2 Å². The summed E-state index contributed by atoms with van der Waals surface area (Å²) in [5.41, 5.74) is 0.717. The summed E-state index contributed by atoms with van der Waals surface area (Å²) in [4.78, 5) is 2.85. The van der Waals surface area contributed by atoms with Crippen molar-refractivity contribution in [2.45, 2.75) is 0 Å². The van der Waals surface area contributed by atoms with E-state index < -0.39 is 11.5 Å². The monoisotopic (exact) mass is 161 g/mol. The Morgan fingerprint density at radius 1 is 1.00 bits per heavy atom. The zero-order valence-electron chi connectivity index (χ0n) is 7.63. The van der Waals surface area contributed by atoms with Gasteiger partial charge in [-0.25, -0.2) is 0 Å². The van der Waals surface area contributed by atoms with E-state index in [0.717, 1.165) is 10.9 Å². The van der Waals surface area contributed by atoms with E-state index in [1.165, 1.54) is 12.1 Å². The summed E-state index contributed by atoms with van der Waals surface area (Å²) in [5, 5.41) is 22.4. The van der Waals surface area contributed by atoms with Crippen LogP contribution in [0.2, 0.25) is 0 Å². The fourth-order valence-corrected chi connectivity index (χ4v) is 1.06. The van der Waals surface area contributed by atoms with Crippen molar-refractivity contribution in [2.75, 3.05) is 0 Å². The molecular weight excluding hydrogens is 156 g/mol. The van der Waals surface area contributed by atoms with Gasteiger partial charge in [-0.3, -0.25) is 0 Å². The largest absolute Gasteiger partial charge is 1.00 e. The zero-order valence-corrected chi connectivity index (χ0v) is 7.63. The summed E-state index contributed by atoms with van der Waals surface area (Å²) in [6.45, 7) is 0. The number of rotatable bonds is 0. The Bertz CT molecular complexity index is 364. The number of hydrogen-bond acceptors (Lipinski definition) is 2. The quantitative estimate of drug-likeness (QED) is 0.391. The van der Waals surface area contributed by atoms with Gasteiger partial charge in [0, 0.05) is 11.7 Å². The van der Waals surface area contributed by atoms with Gasteiger partial charge < -0.3 is 15.2 Å². The molecule has 0 spiro atoms. The fourth-order valence-electron chi connectivity index (χ4n) is 1.06. The predicted octanol–water partition coefficient (Wildman–Crippen LogP) is -5.68. The van der Waals surface area contributed by atoms with Gasteiger partial charge in [-0.1, -0.05) is 6.07 Å². The number of benzene rings is 1. The maximum Gasteiger partial charge on any atom is 1.00 e. The molecule has 0 fully saturated rings. The molecule has 0 aliphatic rings. The summed E-state index contributed by atoms with van der Waals surface area (Å²) >= 11 is 0. The number of aromatic nitrogens is 1. The Labute approximate surface area is 99.5 Å². The molecule has 1 aromatic carbocycles. The van der Waals surface area contributed by atoms with E-state index in [2.05, 4.69) is 4.98 Å². The molecule has 0 unspecified atom stereocenters. The van der Waals surface area contributed by atoms with Crippen LogP contribution in [-0.2, 0) is 0 Å². The Hall–Kier alpha value is -0.445. The fraction of sp³-hybridized carbons (Fsp3) is 0. The van der Waals surface area contributed by atoms with Gasteiger partial charge in [-0.05, 0) is 17.5 Å². The van der Waals surface area contributed by atoms with Crippen LogP contribution in [0.25, 0.3) is 10.9 Å². The van der Waals surface area contributed by atoms with Crippen molar-refractivity contribution in [3.63, 3.8) is 0 Å². The molecule has 0 saturated heterocycles. The van der Waals surface area contributed by atoms with E-state index in [4.69, 9.17) is 0 Å². The third-order valence-corrected chi connectivity index (χ3v) is 1.62. The van der Waals surface area contributed by atoms with Gasteiger partial charge in [0.05, 0.1) is 0 Å². The van der Waals surface area contributed by atoms with Crippen LogP contribution in [0.15, 0.2) is 24.4 Å². The minimum atomic E-state index is -0.458. The van der Waals surface area contributed by atoms with Crippen molar-refractivity contribution in [3.8, 4) is 11.5 Å². The first-order valence-electron chi connectivity index (χ1n) is 3.22. The van der Waals surface area contributed by atoms with Crippen LogP contribution in [0.4, 0.5) is 0 Å². The summed E-state index contributed by atoms with van der Waals surface area (Å²) < 4.78 is 0. The molecule has 0 aliphatic heterocycles. The second-order valence-corrected chi connectivity index (χ2v) is 2.36. The maximum absolute atomic E-state index is 10.8. The first-order valence-corrected chi connectivity index (χ1v) is 3.22. The number of hydrogen-bond donors (Lipinski definition) is 1. The number of nitrogens with one attached hydrogen (secondary N) is 1. The number of fused-ring (bicyclic) bond motifs is 1. The van der Waals surface area contributed by atoms with Crippen molar-refractivity contribution in [1.82, 2.24) is 4.98 Å². The molecule has 2 rings (SSSR count). The Morgan fingerprint density at radius 3 is 2.31 bits per heavy atom. The van der Waals surface area contributed by atoms with E-state index in [1.807, 2.05) is 0 Å². The van der Waals surface area contributed by atoms with Gasteiger partial charge in [0.1, 0.15) is 0 Å².